The summed E-state index contributed by atoms with van der Waals surface area (Å²) in [5.41, 5.74) is 3.86. The zero-order chi connectivity index (χ0) is 22.8. The topological polar surface area (TPSA) is 54.3 Å². The predicted molar refractivity (Wildman–Crippen MR) is 126 cm³/mol. The van der Waals surface area contributed by atoms with Crippen molar-refractivity contribution in [3.63, 3.8) is 0 Å². The van der Waals surface area contributed by atoms with E-state index in [0.717, 1.165) is 16.9 Å². The Morgan fingerprint density at radius 1 is 0.909 bits per heavy atom. The van der Waals surface area contributed by atoms with Gasteiger partial charge in [0, 0.05) is 44.1 Å². The molecule has 0 saturated carbocycles. The Balaban J connectivity index is 1.44. The van der Waals surface area contributed by atoms with Crippen LogP contribution >= 0.6 is 0 Å². The number of benzene rings is 2. The van der Waals surface area contributed by atoms with Crippen molar-refractivity contribution in [2.45, 2.75) is 6.92 Å². The number of halogens is 1. The largest absolute Gasteiger partial charge is 0.353 e. The fraction of sp³-hybridized carbons (Fsp3) is 0.192. The molecule has 4 aromatic rings. The summed E-state index contributed by atoms with van der Waals surface area (Å²) in [6.45, 7) is 4.66. The van der Waals surface area contributed by atoms with Crippen LogP contribution in [0.3, 0.4) is 0 Å². The molecule has 7 heteroatoms. The third-order valence-corrected chi connectivity index (χ3v) is 5.90. The first-order chi connectivity index (χ1) is 16.1. The standard InChI is InChI=1S/C26H24FN5O/c1-19-5-7-20(8-6-19)25-23(18-32(29-25)22-11-9-21(27)10-12-22)26(33)31-16-14-30(15-17-31)24-4-2-3-13-28-24/h2-13,18H,14-17H2,1H3. The molecule has 0 radical (unpaired) electrons. The maximum atomic E-state index is 13.6. The Morgan fingerprint density at radius 3 is 2.30 bits per heavy atom. The fourth-order valence-electron chi connectivity index (χ4n) is 4.03. The lowest BCUT2D eigenvalue weighted by Gasteiger charge is -2.35. The highest BCUT2D eigenvalue weighted by Crippen LogP contribution is 2.26. The number of anilines is 1. The van der Waals surface area contributed by atoms with Crippen LogP contribution in [0.2, 0.25) is 0 Å². The fourth-order valence-corrected chi connectivity index (χ4v) is 4.03. The average molecular weight is 442 g/mol. The van der Waals surface area contributed by atoms with E-state index in [4.69, 9.17) is 5.10 Å². The minimum absolute atomic E-state index is 0.0559. The lowest BCUT2D eigenvalue weighted by molar-refractivity contribution is 0.0747. The minimum Gasteiger partial charge on any atom is -0.353 e. The van der Waals surface area contributed by atoms with Gasteiger partial charge in [-0.3, -0.25) is 4.79 Å². The van der Waals surface area contributed by atoms with E-state index >= 15 is 0 Å². The second-order valence-corrected chi connectivity index (χ2v) is 8.15. The number of carbonyl (C=O) groups excluding carboxylic acids is 1. The molecule has 33 heavy (non-hydrogen) atoms. The van der Waals surface area contributed by atoms with Crippen LogP contribution in [0, 0.1) is 12.7 Å². The molecule has 1 fully saturated rings. The number of aryl methyl sites for hydroxylation is 1. The monoisotopic (exact) mass is 441 g/mol. The van der Waals surface area contributed by atoms with Gasteiger partial charge < -0.3 is 9.80 Å². The number of rotatable bonds is 4. The lowest BCUT2D eigenvalue weighted by atomic mass is 10.1. The van der Waals surface area contributed by atoms with Gasteiger partial charge in [-0.1, -0.05) is 35.9 Å². The normalized spacial score (nSPS) is 13.9. The molecule has 0 spiro atoms. The van der Waals surface area contributed by atoms with Crippen molar-refractivity contribution in [3.8, 4) is 16.9 Å². The van der Waals surface area contributed by atoms with E-state index in [9.17, 15) is 9.18 Å². The molecule has 0 atom stereocenters. The first kappa shape index (κ1) is 20.9. The van der Waals surface area contributed by atoms with E-state index in [0.29, 0.717) is 43.1 Å². The first-order valence-electron chi connectivity index (χ1n) is 11.0. The molecular formula is C26H24FN5O. The van der Waals surface area contributed by atoms with Crippen molar-refractivity contribution < 1.29 is 9.18 Å². The molecular weight excluding hydrogens is 417 g/mol. The van der Waals surface area contributed by atoms with E-state index in [2.05, 4.69) is 9.88 Å². The molecule has 1 aliphatic heterocycles. The van der Waals surface area contributed by atoms with Gasteiger partial charge in [0.05, 0.1) is 11.3 Å². The maximum Gasteiger partial charge on any atom is 0.257 e. The van der Waals surface area contributed by atoms with Crippen LogP contribution in [0.4, 0.5) is 10.2 Å². The molecule has 1 aliphatic rings. The van der Waals surface area contributed by atoms with Gasteiger partial charge in [-0.05, 0) is 43.3 Å². The Bertz CT molecular complexity index is 1240. The third-order valence-electron chi connectivity index (χ3n) is 5.90. The zero-order valence-corrected chi connectivity index (χ0v) is 18.4. The van der Waals surface area contributed by atoms with E-state index in [1.165, 1.54) is 12.1 Å². The summed E-state index contributed by atoms with van der Waals surface area (Å²) < 4.78 is 15.1. The van der Waals surface area contributed by atoms with Crippen LogP contribution < -0.4 is 4.90 Å². The summed E-state index contributed by atoms with van der Waals surface area (Å²) in [5.74, 6) is 0.556. The molecule has 0 unspecified atom stereocenters. The number of aromatic nitrogens is 3. The van der Waals surface area contributed by atoms with Gasteiger partial charge in [0.15, 0.2) is 0 Å². The van der Waals surface area contributed by atoms with Gasteiger partial charge in [0.1, 0.15) is 17.3 Å². The van der Waals surface area contributed by atoms with Gasteiger partial charge in [-0.15, -0.1) is 0 Å². The Labute approximate surface area is 191 Å². The van der Waals surface area contributed by atoms with Crippen LogP contribution in [0.15, 0.2) is 79.1 Å². The summed E-state index contributed by atoms with van der Waals surface area (Å²) in [6, 6.07) is 19.9. The Hall–Kier alpha value is -4.00. The van der Waals surface area contributed by atoms with Gasteiger partial charge >= 0.3 is 0 Å². The molecule has 5 rings (SSSR count). The number of hydrogen-bond acceptors (Lipinski definition) is 4. The highest BCUT2D eigenvalue weighted by Gasteiger charge is 2.27. The van der Waals surface area contributed by atoms with Gasteiger partial charge in [0.25, 0.3) is 5.91 Å². The maximum absolute atomic E-state index is 13.6. The van der Waals surface area contributed by atoms with Crippen molar-refractivity contribution >= 4 is 11.7 Å². The number of hydrogen-bond donors (Lipinski definition) is 0. The van der Waals surface area contributed by atoms with Crippen molar-refractivity contribution in [2.24, 2.45) is 0 Å². The minimum atomic E-state index is -0.313. The van der Waals surface area contributed by atoms with E-state index in [1.807, 2.05) is 54.3 Å². The lowest BCUT2D eigenvalue weighted by Crippen LogP contribution is -2.49. The smallest absolute Gasteiger partial charge is 0.257 e. The van der Waals surface area contributed by atoms with Crippen LogP contribution in [-0.2, 0) is 0 Å². The van der Waals surface area contributed by atoms with Crippen LogP contribution in [-0.4, -0.2) is 51.8 Å². The molecule has 0 bridgehead atoms. The van der Waals surface area contributed by atoms with E-state index in [1.54, 1.807) is 29.2 Å². The van der Waals surface area contributed by atoms with Crippen molar-refractivity contribution in [3.05, 3.63) is 96.1 Å². The van der Waals surface area contributed by atoms with Crippen LogP contribution in [0.5, 0.6) is 0 Å². The molecule has 2 aromatic carbocycles. The van der Waals surface area contributed by atoms with E-state index in [-0.39, 0.29) is 11.7 Å². The average Bonchev–Trinajstić information content (AvgIpc) is 3.30. The van der Waals surface area contributed by atoms with Gasteiger partial charge in [-0.2, -0.15) is 5.10 Å². The summed E-state index contributed by atoms with van der Waals surface area (Å²) >= 11 is 0. The predicted octanol–water partition coefficient (Wildman–Crippen LogP) is 4.34. The molecule has 6 nitrogen and oxygen atoms in total. The zero-order valence-electron chi connectivity index (χ0n) is 18.4. The van der Waals surface area contributed by atoms with Gasteiger partial charge in [-0.25, -0.2) is 14.1 Å². The van der Waals surface area contributed by atoms with Crippen molar-refractivity contribution in [1.82, 2.24) is 19.7 Å². The molecule has 2 aromatic heterocycles. The number of pyridine rings is 1. The van der Waals surface area contributed by atoms with Crippen LogP contribution in [0.1, 0.15) is 15.9 Å². The Kier molecular flexibility index (Phi) is 5.60. The third kappa shape index (κ3) is 4.35. The summed E-state index contributed by atoms with van der Waals surface area (Å²) in [5, 5.41) is 4.71. The Morgan fingerprint density at radius 2 is 1.64 bits per heavy atom. The van der Waals surface area contributed by atoms with Crippen molar-refractivity contribution in [1.29, 1.82) is 0 Å². The molecule has 3 heterocycles. The highest BCUT2D eigenvalue weighted by molar-refractivity contribution is 6.00. The van der Waals surface area contributed by atoms with Crippen molar-refractivity contribution in [2.75, 3.05) is 31.1 Å². The first-order valence-corrected chi connectivity index (χ1v) is 11.0. The van der Waals surface area contributed by atoms with E-state index < -0.39 is 0 Å². The number of piperazine rings is 1. The molecule has 1 saturated heterocycles. The molecule has 0 aliphatic carbocycles. The number of nitrogens with zero attached hydrogens (tertiary/aromatic N) is 5. The van der Waals surface area contributed by atoms with Gasteiger partial charge in [0.2, 0.25) is 0 Å². The SMILES string of the molecule is Cc1ccc(-c2nn(-c3ccc(F)cc3)cc2C(=O)N2CCN(c3ccccn3)CC2)cc1. The second-order valence-electron chi connectivity index (χ2n) is 8.15. The molecule has 0 N–H and O–H groups in total. The second kappa shape index (κ2) is 8.86. The summed E-state index contributed by atoms with van der Waals surface area (Å²) in [6.07, 6.45) is 3.53. The summed E-state index contributed by atoms with van der Waals surface area (Å²) in [4.78, 5) is 22.0. The summed E-state index contributed by atoms with van der Waals surface area (Å²) in [7, 11) is 0. The number of amides is 1. The molecule has 166 valence electrons. The quantitative estimate of drug-likeness (QED) is 0.473. The van der Waals surface area contributed by atoms with Crippen LogP contribution in [0.25, 0.3) is 16.9 Å². The highest BCUT2D eigenvalue weighted by atomic mass is 19.1. The molecule has 1 amide bonds. The number of carbonyl (C=O) groups is 1.